The van der Waals surface area contributed by atoms with Crippen LogP contribution in [0.4, 0.5) is 0 Å². The Morgan fingerprint density at radius 1 is 0.392 bits per heavy atom. The van der Waals surface area contributed by atoms with Crippen molar-refractivity contribution in [3.8, 4) is 56.0 Å². The van der Waals surface area contributed by atoms with Crippen LogP contribution in [-0.2, 0) is 0 Å². The van der Waals surface area contributed by atoms with Crippen LogP contribution in [0, 0.1) is 0 Å². The molecular formula is C46H28N4O. The van der Waals surface area contributed by atoms with E-state index in [4.69, 9.17) is 14.4 Å². The molecule has 5 nitrogen and oxygen atoms in total. The van der Waals surface area contributed by atoms with Gasteiger partial charge in [-0.15, -0.1) is 0 Å². The maximum Gasteiger partial charge on any atom is 0.144 e. The van der Waals surface area contributed by atoms with Gasteiger partial charge in [-0.05, 0) is 89.0 Å². The molecule has 0 fully saturated rings. The summed E-state index contributed by atoms with van der Waals surface area (Å²) in [7, 11) is 0. The first-order chi connectivity index (χ1) is 25.3. The predicted octanol–water partition coefficient (Wildman–Crippen LogP) is 11.8. The maximum atomic E-state index is 6.55. The Morgan fingerprint density at radius 3 is 1.69 bits per heavy atom. The van der Waals surface area contributed by atoms with E-state index in [1.54, 1.807) is 12.4 Å². The number of fused-ring (bicyclic) bond motifs is 7. The minimum absolute atomic E-state index is 0.861. The largest absolute Gasteiger partial charge is 0.455 e. The number of pyridine rings is 4. The SMILES string of the molecule is c1cc(-c2cccc(-c3nc4ccccc4c4c3ccc3c5ccccc5oc34)c2)cc(-c2cc(-c3cccnc3)nc(-c3cccnc3)c2)c1. The highest BCUT2D eigenvalue weighted by molar-refractivity contribution is 6.24. The second-order valence-corrected chi connectivity index (χ2v) is 12.7. The van der Waals surface area contributed by atoms with Gasteiger partial charge in [0, 0.05) is 68.4 Å². The first kappa shape index (κ1) is 29.0. The number of hydrogen-bond donors (Lipinski definition) is 0. The van der Waals surface area contributed by atoms with Gasteiger partial charge in [-0.2, -0.15) is 0 Å². The standard InChI is InChI=1S/C46H28N4O/c1-3-17-40-38(16-1)44-39(20-19-37-36-15-2-4-18-43(36)51-46(37)44)45(50-40)32-12-6-10-30(24-32)29-9-5-11-31(23-29)35-25-41(33-13-7-21-47-27-33)49-42(26-35)34-14-8-22-48-28-34/h1-28H. The Labute approximate surface area is 293 Å². The van der Waals surface area contributed by atoms with Gasteiger partial charge >= 0.3 is 0 Å². The summed E-state index contributed by atoms with van der Waals surface area (Å²) in [6, 6.07) is 50.5. The van der Waals surface area contributed by atoms with Gasteiger partial charge in [-0.1, -0.05) is 78.9 Å². The van der Waals surface area contributed by atoms with Crippen LogP contribution in [0.25, 0.3) is 99.6 Å². The fraction of sp³-hybridized carbons (Fsp3) is 0. The zero-order chi connectivity index (χ0) is 33.7. The molecular weight excluding hydrogens is 625 g/mol. The van der Waals surface area contributed by atoms with Crippen LogP contribution in [0.1, 0.15) is 0 Å². The van der Waals surface area contributed by atoms with Gasteiger partial charge in [-0.25, -0.2) is 9.97 Å². The third kappa shape index (κ3) is 5.03. The Morgan fingerprint density at radius 2 is 0.980 bits per heavy atom. The molecule has 0 bridgehead atoms. The van der Waals surface area contributed by atoms with Crippen molar-refractivity contribution in [1.29, 1.82) is 0 Å². The molecule has 0 unspecified atom stereocenters. The van der Waals surface area contributed by atoms with Crippen molar-refractivity contribution < 1.29 is 4.42 Å². The molecule has 51 heavy (non-hydrogen) atoms. The highest BCUT2D eigenvalue weighted by atomic mass is 16.3. The maximum absolute atomic E-state index is 6.55. The van der Waals surface area contributed by atoms with Gasteiger partial charge in [0.1, 0.15) is 11.2 Å². The zero-order valence-electron chi connectivity index (χ0n) is 27.4. The Hall–Kier alpha value is -6.98. The van der Waals surface area contributed by atoms with Crippen molar-refractivity contribution >= 4 is 43.6 Å². The van der Waals surface area contributed by atoms with Gasteiger partial charge in [-0.3, -0.25) is 9.97 Å². The molecule has 0 radical (unpaired) electrons. The highest BCUT2D eigenvalue weighted by Crippen LogP contribution is 2.41. The summed E-state index contributed by atoms with van der Waals surface area (Å²) in [5.41, 5.74) is 12.7. The third-order valence-electron chi connectivity index (χ3n) is 9.61. The number of aromatic nitrogens is 4. The molecule has 5 heteroatoms. The molecule has 0 N–H and O–H groups in total. The average Bonchev–Trinajstić information content (AvgIpc) is 3.60. The summed E-state index contributed by atoms with van der Waals surface area (Å²) >= 11 is 0. The Bertz CT molecular complexity index is 2860. The number of para-hydroxylation sites is 2. The Kier molecular flexibility index (Phi) is 6.74. The average molecular weight is 653 g/mol. The van der Waals surface area contributed by atoms with E-state index in [1.165, 1.54) is 0 Å². The molecule has 0 saturated heterocycles. The molecule has 0 aliphatic carbocycles. The van der Waals surface area contributed by atoms with Gasteiger partial charge in [0.15, 0.2) is 0 Å². The number of rotatable bonds is 5. The zero-order valence-corrected chi connectivity index (χ0v) is 27.4. The third-order valence-corrected chi connectivity index (χ3v) is 9.61. The van der Waals surface area contributed by atoms with Crippen LogP contribution in [0.3, 0.4) is 0 Å². The van der Waals surface area contributed by atoms with E-state index in [0.717, 1.165) is 99.6 Å². The molecule has 238 valence electrons. The Balaban J connectivity index is 1.12. The predicted molar refractivity (Wildman–Crippen MR) is 207 cm³/mol. The molecule has 5 heterocycles. The summed E-state index contributed by atoms with van der Waals surface area (Å²) in [4.78, 5) is 19.0. The molecule has 0 aliphatic heterocycles. The van der Waals surface area contributed by atoms with Gasteiger partial charge < -0.3 is 4.42 Å². The van der Waals surface area contributed by atoms with Crippen LogP contribution in [-0.4, -0.2) is 19.9 Å². The quantitative estimate of drug-likeness (QED) is 0.173. The first-order valence-electron chi connectivity index (χ1n) is 16.9. The summed E-state index contributed by atoms with van der Waals surface area (Å²) in [5.74, 6) is 0. The lowest BCUT2D eigenvalue weighted by Crippen LogP contribution is -1.92. The molecule has 5 aromatic carbocycles. The van der Waals surface area contributed by atoms with Crippen molar-refractivity contribution in [2.45, 2.75) is 0 Å². The summed E-state index contributed by atoms with van der Waals surface area (Å²) in [6.07, 6.45) is 7.26. The van der Waals surface area contributed by atoms with E-state index in [1.807, 2.05) is 54.9 Å². The van der Waals surface area contributed by atoms with Crippen LogP contribution < -0.4 is 0 Å². The van der Waals surface area contributed by atoms with E-state index in [2.05, 4.69) is 113 Å². The molecule has 0 spiro atoms. The molecule has 10 rings (SSSR count). The van der Waals surface area contributed by atoms with E-state index >= 15 is 0 Å². The van der Waals surface area contributed by atoms with Crippen LogP contribution in [0.15, 0.2) is 175 Å². The van der Waals surface area contributed by atoms with Crippen molar-refractivity contribution in [1.82, 2.24) is 19.9 Å². The highest BCUT2D eigenvalue weighted by Gasteiger charge is 2.18. The van der Waals surface area contributed by atoms with E-state index in [-0.39, 0.29) is 0 Å². The van der Waals surface area contributed by atoms with E-state index < -0.39 is 0 Å². The molecule has 0 saturated carbocycles. The molecule has 0 atom stereocenters. The van der Waals surface area contributed by atoms with Crippen LogP contribution in [0.5, 0.6) is 0 Å². The fourth-order valence-corrected chi connectivity index (χ4v) is 7.18. The van der Waals surface area contributed by atoms with Gasteiger partial charge in [0.05, 0.1) is 22.6 Å². The van der Waals surface area contributed by atoms with Crippen molar-refractivity contribution in [2.75, 3.05) is 0 Å². The molecule has 0 aliphatic rings. The number of hydrogen-bond acceptors (Lipinski definition) is 5. The second kappa shape index (κ2) is 11.9. The van der Waals surface area contributed by atoms with Crippen molar-refractivity contribution in [3.63, 3.8) is 0 Å². The van der Waals surface area contributed by atoms with Crippen molar-refractivity contribution in [3.05, 3.63) is 170 Å². The lowest BCUT2D eigenvalue weighted by molar-refractivity contribution is 0.673. The van der Waals surface area contributed by atoms with E-state index in [9.17, 15) is 0 Å². The minimum Gasteiger partial charge on any atom is -0.455 e. The minimum atomic E-state index is 0.861. The first-order valence-corrected chi connectivity index (χ1v) is 16.9. The molecule has 10 aromatic rings. The van der Waals surface area contributed by atoms with Crippen LogP contribution in [0.2, 0.25) is 0 Å². The lowest BCUT2D eigenvalue weighted by Gasteiger charge is -2.13. The molecule has 5 aromatic heterocycles. The fourth-order valence-electron chi connectivity index (χ4n) is 7.18. The van der Waals surface area contributed by atoms with Gasteiger partial charge in [0.25, 0.3) is 0 Å². The number of benzene rings is 5. The van der Waals surface area contributed by atoms with Crippen molar-refractivity contribution in [2.24, 2.45) is 0 Å². The lowest BCUT2D eigenvalue weighted by atomic mass is 9.94. The normalized spacial score (nSPS) is 11.5. The van der Waals surface area contributed by atoms with E-state index in [0.29, 0.717) is 0 Å². The number of furan rings is 1. The summed E-state index contributed by atoms with van der Waals surface area (Å²) in [6.45, 7) is 0. The number of nitrogens with zero attached hydrogens (tertiary/aromatic N) is 4. The summed E-state index contributed by atoms with van der Waals surface area (Å²) < 4.78 is 6.55. The smallest absolute Gasteiger partial charge is 0.144 e. The second-order valence-electron chi connectivity index (χ2n) is 12.7. The summed E-state index contributed by atoms with van der Waals surface area (Å²) in [5, 5.41) is 5.46. The van der Waals surface area contributed by atoms with Gasteiger partial charge in [0.2, 0.25) is 0 Å². The topological polar surface area (TPSA) is 64.7 Å². The monoisotopic (exact) mass is 652 g/mol. The molecule has 0 amide bonds. The van der Waals surface area contributed by atoms with Crippen LogP contribution >= 0.6 is 0 Å².